The lowest BCUT2D eigenvalue weighted by atomic mass is 10.1. The number of thiocarbonyl (C=S) groups is 1. The van der Waals surface area contributed by atoms with Gasteiger partial charge in [0.1, 0.15) is 5.57 Å². The molecule has 0 bridgehead atoms. The lowest BCUT2D eigenvalue weighted by Crippen LogP contribution is -2.51. The second-order valence-corrected chi connectivity index (χ2v) is 4.81. The topological polar surface area (TPSA) is 58.2 Å². The highest BCUT2D eigenvalue weighted by Crippen LogP contribution is 2.17. The smallest absolute Gasteiger partial charge is 0.263 e. The third-order valence-corrected chi connectivity index (χ3v) is 3.09. The molecule has 1 saturated heterocycles. The Bertz CT molecular complexity index is 495. The van der Waals surface area contributed by atoms with Gasteiger partial charge in [0, 0.05) is 4.88 Å². The SMILES string of the molecule is Cc1cc(C=C2C(=O)NC(=S)NC2=O)cs1. The highest BCUT2D eigenvalue weighted by Gasteiger charge is 2.25. The van der Waals surface area contributed by atoms with E-state index in [0.717, 1.165) is 10.4 Å². The van der Waals surface area contributed by atoms with E-state index < -0.39 is 11.8 Å². The summed E-state index contributed by atoms with van der Waals surface area (Å²) in [6.45, 7) is 1.96. The van der Waals surface area contributed by atoms with Crippen LogP contribution in [-0.4, -0.2) is 16.9 Å². The molecule has 1 fully saturated rings. The molecule has 2 rings (SSSR count). The number of rotatable bonds is 1. The number of hydrogen-bond acceptors (Lipinski definition) is 4. The van der Waals surface area contributed by atoms with Gasteiger partial charge in [-0.3, -0.25) is 20.2 Å². The van der Waals surface area contributed by atoms with Crippen LogP contribution in [0.4, 0.5) is 0 Å². The number of thiophene rings is 1. The fraction of sp³-hybridized carbons (Fsp3) is 0.100. The lowest BCUT2D eigenvalue weighted by molar-refractivity contribution is -0.123. The Morgan fingerprint density at radius 3 is 2.44 bits per heavy atom. The highest BCUT2D eigenvalue weighted by molar-refractivity contribution is 7.80. The molecule has 0 aromatic carbocycles. The van der Waals surface area contributed by atoms with Crippen LogP contribution in [0.2, 0.25) is 0 Å². The number of hydrogen-bond donors (Lipinski definition) is 2. The van der Waals surface area contributed by atoms with Gasteiger partial charge in [0.15, 0.2) is 5.11 Å². The molecule has 0 radical (unpaired) electrons. The average molecular weight is 252 g/mol. The summed E-state index contributed by atoms with van der Waals surface area (Å²) in [7, 11) is 0. The van der Waals surface area contributed by atoms with Crippen molar-refractivity contribution in [2.24, 2.45) is 0 Å². The number of nitrogens with one attached hydrogen (secondary N) is 2. The van der Waals surface area contributed by atoms with Crippen molar-refractivity contribution in [2.75, 3.05) is 0 Å². The van der Waals surface area contributed by atoms with Gasteiger partial charge in [-0.15, -0.1) is 11.3 Å². The fourth-order valence-corrected chi connectivity index (χ4v) is 2.16. The maximum atomic E-state index is 11.5. The molecule has 0 unspecified atom stereocenters. The van der Waals surface area contributed by atoms with Gasteiger partial charge in [-0.25, -0.2) is 0 Å². The summed E-state index contributed by atoms with van der Waals surface area (Å²) in [6.07, 6.45) is 1.55. The summed E-state index contributed by atoms with van der Waals surface area (Å²) in [5.74, 6) is -0.921. The van der Waals surface area contributed by atoms with Crippen molar-refractivity contribution in [3.05, 3.63) is 27.5 Å². The van der Waals surface area contributed by atoms with Crippen molar-refractivity contribution in [3.63, 3.8) is 0 Å². The third kappa shape index (κ3) is 2.17. The maximum Gasteiger partial charge on any atom is 0.263 e. The van der Waals surface area contributed by atoms with E-state index in [1.165, 1.54) is 0 Å². The van der Waals surface area contributed by atoms with Crippen LogP contribution in [0.15, 0.2) is 17.0 Å². The number of aryl methyl sites for hydroxylation is 1. The van der Waals surface area contributed by atoms with Crippen molar-refractivity contribution in [2.45, 2.75) is 6.92 Å². The van der Waals surface area contributed by atoms with E-state index in [0.29, 0.717) is 0 Å². The fourth-order valence-electron chi connectivity index (χ4n) is 1.31. The van der Waals surface area contributed by atoms with Crippen LogP contribution >= 0.6 is 23.6 Å². The normalized spacial score (nSPS) is 15.8. The predicted molar refractivity (Wildman–Crippen MR) is 65.9 cm³/mol. The number of carbonyl (C=O) groups excluding carboxylic acids is 2. The molecule has 0 aliphatic carbocycles. The molecule has 16 heavy (non-hydrogen) atoms. The highest BCUT2D eigenvalue weighted by atomic mass is 32.1. The predicted octanol–water partition coefficient (Wildman–Crippen LogP) is 0.971. The van der Waals surface area contributed by atoms with Crippen LogP contribution in [0.3, 0.4) is 0 Å². The molecule has 4 nitrogen and oxygen atoms in total. The average Bonchev–Trinajstić information content (AvgIpc) is 2.58. The molecule has 1 aromatic heterocycles. The van der Waals surface area contributed by atoms with Crippen LogP contribution in [-0.2, 0) is 9.59 Å². The van der Waals surface area contributed by atoms with Gasteiger partial charge in [-0.2, -0.15) is 0 Å². The molecule has 0 atom stereocenters. The Labute approximate surface area is 101 Å². The summed E-state index contributed by atoms with van der Waals surface area (Å²) in [4.78, 5) is 24.1. The Balaban J connectivity index is 2.32. The van der Waals surface area contributed by atoms with Crippen molar-refractivity contribution in [1.29, 1.82) is 0 Å². The second-order valence-electron chi connectivity index (χ2n) is 3.29. The van der Waals surface area contributed by atoms with Gasteiger partial charge >= 0.3 is 0 Å². The maximum absolute atomic E-state index is 11.5. The van der Waals surface area contributed by atoms with Crippen LogP contribution in [0.25, 0.3) is 6.08 Å². The Morgan fingerprint density at radius 2 is 1.94 bits per heavy atom. The van der Waals surface area contributed by atoms with Crippen LogP contribution in [0.1, 0.15) is 10.4 Å². The van der Waals surface area contributed by atoms with Gasteiger partial charge in [-0.1, -0.05) is 0 Å². The summed E-state index contributed by atoms with van der Waals surface area (Å²) < 4.78 is 0. The molecular formula is C10H8N2O2S2. The molecule has 0 saturated carbocycles. The third-order valence-electron chi connectivity index (χ3n) is 2.01. The number of carbonyl (C=O) groups is 2. The van der Waals surface area contributed by atoms with E-state index in [-0.39, 0.29) is 10.7 Å². The summed E-state index contributed by atoms with van der Waals surface area (Å²) in [6, 6.07) is 1.91. The molecule has 2 heterocycles. The molecule has 2 amide bonds. The van der Waals surface area contributed by atoms with Gasteiger partial charge in [-0.05, 0) is 42.2 Å². The van der Waals surface area contributed by atoms with E-state index in [1.807, 2.05) is 18.4 Å². The van der Waals surface area contributed by atoms with E-state index in [2.05, 4.69) is 10.6 Å². The van der Waals surface area contributed by atoms with E-state index in [4.69, 9.17) is 12.2 Å². The van der Waals surface area contributed by atoms with E-state index in [9.17, 15) is 9.59 Å². The van der Waals surface area contributed by atoms with Crippen LogP contribution < -0.4 is 10.6 Å². The number of amides is 2. The zero-order chi connectivity index (χ0) is 11.7. The van der Waals surface area contributed by atoms with E-state index in [1.54, 1.807) is 17.4 Å². The lowest BCUT2D eigenvalue weighted by Gasteiger charge is -2.15. The zero-order valence-corrected chi connectivity index (χ0v) is 10.00. The molecule has 2 N–H and O–H groups in total. The minimum absolute atomic E-state index is 0.0497. The molecular weight excluding hydrogens is 244 g/mol. The largest absolute Gasteiger partial charge is 0.299 e. The van der Waals surface area contributed by atoms with Crippen LogP contribution in [0.5, 0.6) is 0 Å². The first-order valence-electron chi connectivity index (χ1n) is 4.50. The van der Waals surface area contributed by atoms with Gasteiger partial charge in [0.2, 0.25) is 0 Å². The first-order chi connectivity index (χ1) is 7.56. The molecule has 0 spiro atoms. The van der Waals surface area contributed by atoms with Crippen molar-refractivity contribution in [3.8, 4) is 0 Å². The van der Waals surface area contributed by atoms with Gasteiger partial charge in [0.05, 0.1) is 0 Å². The Kier molecular flexibility index (Phi) is 2.84. The van der Waals surface area contributed by atoms with Crippen molar-refractivity contribution < 1.29 is 9.59 Å². The standard InChI is InChI=1S/C10H8N2O2S2/c1-5-2-6(4-16-5)3-7-8(13)11-10(15)12-9(7)14/h2-4H,1H3,(H2,11,12,13,14,15). The summed E-state index contributed by atoms with van der Waals surface area (Å²) in [5.41, 5.74) is 0.919. The van der Waals surface area contributed by atoms with Crippen LogP contribution in [0, 0.1) is 6.92 Å². The molecule has 82 valence electrons. The minimum Gasteiger partial charge on any atom is -0.299 e. The molecule has 6 heteroatoms. The zero-order valence-electron chi connectivity index (χ0n) is 8.37. The Hall–Kier alpha value is -1.53. The first-order valence-corrected chi connectivity index (χ1v) is 5.78. The second kappa shape index (κ2) is 4.15. The molecule has 1 aliphatic rings. The van der Waals surface area contributed by atoms with Crippen molar-refractivity contribution >= 4 is 46.6 Å². The summed E-state index contributed by atoms with van der Waals surface area (Å²) >= 11 is 6.25. The Morgan fingerprint density at radius 1 is 1.31 bits per heavy atom. The first kappa shape index (κ1) is 11.0. The molecule has 1 aliphatic heterocycles. The molecule has 1 aromatic rings. The summed E-state index contributed by atoms with van der Waals surface area (Å²) in [5, 5.41) is 6.70. The van der Waals surface area contributed by atoms with E-state index >= 15 is 0 Å². The van der Waals surface area contributed by atoms with Gasteiger partial charge < -0.3 is 0 Å². The van der Waals surface area contributed by atoms with Gasteiger partial charge in [0.25, 0.3) is 11.8 Å². The monoisotopic (exact) mass is 252 g/mol. The van der Waals surface area contributed by atoms with Crippen molar-refractivity contribution in [1.82, 2.24) is 10.6 Å². The quantitative estimate of drug-likeness (QED) is 0.445. The minimum atomic E-state index is -0.461.